The van der Waals surface area contributed by atoms with Gasteiger partial charge in [-0.3, -0.25) is 4.79 Å². The summed E-state index contributed by atoms with van der Waals surface area (Å²) in [7, 11) is 3.82. The first kappa shape index (κ1) is 17.9. The van der Waals surface area contributed by atoms with Crippen molar-refractivity contribution in [1.29, 1.82) is 0 Å². The highest BCUT2D eigenvalue weighted by molar-refractivity contribution is 5.90. The maximum atomic E-state index is 11.6. The lowest BCUT2D eigenvalue weighted by molar-refractivity contribution is -0.113. The minimum absolute atomic E-state index is 0.245. The summed E-state index contributed by atoms with van der Waals surface area (Å²) < 4.78 is 0. The summed E-state index contributed by atoms with van der Waals surface area (Å²) in [5.41, 5.74) is 2.71. The lowest BCUT2D eigenvalue weighted by Crippen LogP contribution is -2.36. The van der Waals surface area contributed by atoms with Crippen LogP contribution in [0.15, 0.2) is 18.2 Å². The fraction of sp³-hybridized carbons (Fsp3) is 0.471. The van der Waals surface area contributed by atoms with E-state index >= 15 is 0 Å². The second kappa shape index (κ2) is 8.32. The molecule has 0 aliphatic carbocycles. The first-order valence-electron chi connectivity index (χ1n) is 7.40. The van der Waals surface area contributed by atoms with Crippen LogP contribution in [0.5, 0.6) is 0 Å². The molecule has 5 nitrogen and oxygen atoms in total. The van der Waals surface area contributed by atoms with Crippen LogP contribution in [0, 0.1) is 0 Å². The van der Waals surface area contributed by atoms with E-state index in [1.165, 1.54) is 4.90 Å². The molecule has 0 N–H and O–H groups in total. The Balaban J connectivity index is 3.37. The molecule has 120 valence electrons. The predicted molar refractivity (Wildman–Crippen MR) is 88.6 cm³/mol. The zero-order chi connectivity index (χ0) is 16.7. The number of para-hydroxylation sites is 1. The Labute approximate surface area is 131 Å². The van der Waals surface area contributed by atoms with Gasteiger partial charge in [0.2, 0.25) is 6.41 Å². The van der Waals surface area contributed by atoms with Gasteiger partial charge in [-0.05, 0) is 24.0 Å². The van der Waals surface area contributed by atoms with Crippen LogP contribution in [-0.2, 0) is 14.4 Å². The molecule has 1 aromatic carbocycles. The Morgan fingerprint density at radius 1 is 1.14 bits per heavy atom. The molecule has 1 amide bonds. The smallest absolute Gasteiger partial charge is 0.214 e. The van der Waals surface area contributed by atoms with Crippen LogP contribution < -0.4 is 9.80 Å². The highest BCUT2D eigenvalue weighted by atomic mass is 16.1. The molecule has 0 aliphatic heterocycles. The van der Waals surface area contributed by atoms with Gasteiger partial charge < -0.3 is 19.4 Å². The van der Waals surface area contributed by atoms with E-state index in [4.69, 9.17) is 0 Å². The Morgan fingerprint density at radius 3 is 2.27 bits per heavy atom. The molecule has 0 heterocycles. The number of carbonyl (C=O) groups excluding carboxylic acids is 3. The SMILES string of the molecule is CC(C)c1cccc(N(C=O)C(C=O)CCC=O)c1N(C)C. The third-order valence-electron chi connectivity index (χ3n) is 3.60. The second-order valence-electron chi connectivity index (χ2n) is 5.72. The van der Waals surface area contributed by atoms with Crippen LogP contribution in [0.25, 0.3) is 0 Å². The van der Waals surface area contributed by atoms with E-state index in [9.17, 15) is 14.4 Å². The van der Waals surface area contributed by atoms with Crippen molar-refractivity contribution in [2.24, 2.45) is 0 Å². The third-order valence-corrected chi connectivity index (χ3v) is 3.60. The number of benzene rings is 1. The van der Waals surface area contributed by atoms with Crippen molar-refractivity contribution in [1.82, 2.24) is 0 Å². The van der Waals surface area contributed by atoms with Gasteiger partial charge in [-0.1, -0.05) is 26.0 Å². The molecule has 0 spiro atoms. The highest BCUT2D eigenvalue weighted by Gasteiger charge is 2.23. The van der Waals surface area contributed by atoms with Crippen molar-refractivity contribution in [2.75, 3.05) is 23.9 Å². The highest BCUT2D eigenvalue weighted by Crippen LogP contribution is 2.36. The molecule has 1 atom stereocenters. The molecule has 0 saturated carbocycles. The van der Waals surface area contributed by atoms with Crippen LogP contribution >= 0.6 is 0 Å². The van der Waals surface area contributed by atoms with Gasteiger partial charge in [0.05, 0.1) is 17.4 Å². The minimum Gasteiger partial charge on any atom is -0.376 e. The van der Waals surface area contributed by atoms with E-state index in [2.05, 4.69) is 13.8 Å². The summed E-state index contributed by atoms with van der Waals surface area (Å²) in [6, 6.07) is 5.10. The topological polar surface area (TPSA) is 57.7 Å². The van der Waals surface area contributed by atoms with E-state index in [0.717, 1.165) is 23.8 Å². The first-order chi connectivity index (χ1) is 10.5. The molecule has 1 aromatic rings. The zero-order valence-corrected chi connectivity index (χ0v) is 13.7. The summed E-state index contributed by atoms with van der Waals surface area (Å²) in [6.45, 7) is 4.17. The van der Waals surface area contributed by atoms with Crippen molar-refractivity contribution >= 4 is 30.4 Å². The quantitative estimate of drug-likeness (QED) is 0.657. The van der Waals surface area contributed by atoms with Gasteiger partial charge in [0.15, 0.2) is 0 Å². The molecule has 5 heteroatoms. The monoisotopic (exact) mass is 304 g/mol. The standard InChI is InChI=1S/C17H24N2O3/c1-13(2)15-8-5-9-16(17(15)18(3)4)19(12-22)14(11-21)7-6-10-20/h5,8-14H,6-7H2,1-4H3. The van der Waals surface area contributed by atoms with Crippen molar-refractivity contribution in [3.63, 3.8) is 0 Å². The molecular weight excluding hydrogens is 280 g/mol. The molecule has 0 aliphatic rings. The molecule has 1 rings (SSSR count). The largest absolute Gasteiger partial charge is 0.376 e. The van der Waals surface area contributed by atoms with Gasteiger partial charge in [0.1, 0.15) is 12.6 Å². The van der Waals surface area contributed by atoms with Crippen LogP contribution in [0.2, 0.25) is 0 Å². The van der Waals surface area contributed by atoms with E-state index in [-0.39, 0.29) is 12.3 Å². The van der Waals surface area contributed by atoms with Gasteiger partial charge >= 0.3 is 0 Å². The Bertz CT molecular complexity index is 527. The molecule has 1 unspecified atom stereocenters. The van der Waals surface area contributed by atoms with Gasteiger partial charge in [-0.15, -0.1) is 0 Å². The van der Waals surface area contributed by atoms with E-state index in [1.54, 1.807) is 0 Å². The fourth-order valence-corrected chi connectivity index (χ4v) is 2.54. The average molecular weight is 304 g/mol. The van der Waals surface area contributed by atoms with Crippen molar-refractivity contribution in [3.8, 4) is 0 Å². The number of amides is 1. The Hall–Kier alpha value is -2.17. The number of rotatable bonds is 9. The lowest BCUT2D eigenvalue weighted by atomic mass is 9.98. The normalized spacial score (nSPS) is 11.9. The van der Waals surface area contributed by atoms with Gasteiger partial charge in [-0.25, -0.2) is 0 Å². The molecular formula is C17H24N2O3. The van der Waals surface area contributed by atoms with Gasteiger partial charge in [0, 0.05) is 20.5 Å². The van der Waals surface area contributed by atoms with Crippen molar-refractivity contribution in [3.05, 3.63) is 23.8 Å². The molecule has 0 aromatic heterocycles. The summed E-state index contributed by atoms with van der Waals surface area (Å²) in [5.74, 6) is 0.288. The number of carbonyl (C=O) groups is 3. The number of hydrogen-bond donors (Lipinski definition) is 0. The van der Waals surface area contributed by atoms with Gasteiger partial charge in [0.25, 0.3) is 0 Å². The Morgan fingerprint density at radius 2 is 1.82 bits per heavy atom. The third kappa shape index (κ3) is 3.93. The van der Waals surface area contributed by atoms with E-state index in [1.807, 2.05) is 37.2 Å². The maximum absolute atomic E-state index is 11.6. The Kier molecular flexibility index (Phi) is 6.76. The van der Waals surface area contributed by atoms with Crippen molar-refractivity contribution < 1.29 is 14.4 Å². The number of nitrogens with zero attached hydrogens (tertiary/aromatic N) is 2. The summed E-state index contributed by atoms with van der Waals surface area (Å²) in [5, 5.41) is 0. The van der Waals surface area contributed by atoms with Crippen LogP contribution in [0.1, 0.15) is 38.2 Å². The minimum atomic E-state index is -0.635. The fourth-order valence-electron chi connectivity index (χ4n) is 2.54. The summed E-state index contributed by atoms with van der Waals surface area (Å²) in [6.07, 6.45) is 2.71. The van der Waals surface area contributed by atoms with Crippen LogP contribution in [0.3, 0.4) is 0 Å². The summed E-state index contributed by atoms with van der Waals surface area (Å²) >= 11 is 0. The molecule has 0 fully saturated rings. The van der Waals surface area contributed by atoms with E-state index < -0.39 is 6.04 Å². The lowest BCUT2D eigenvalue weighted by Gasteiger charge is -2.30. The zero-order valence-electron chi connectivity index (χ0n) is 13.7. The number of hydrogen-bond acceptors (Lipinski definition) is 4. The van der Waals surface area contributed by atoms with Crippen molar-refractivity contribution in [2.45, 2.75) is 38.6 Å². The predicted octanol–water partition coefficient (Wildman–Crippen LogP) is 2.39. The van der Waals surface area contributed by atoms with Crippen LogP contribution in [0.4, 0.5) is 11.4 Å². The molecule has 0 bridgehead atoms. The average Bonchev–Trinajstić information content (AvgIpc) is 2.50. The number of anilines is 2. The maximum Gasteiger partial charge on any atom is 0.214 e. The summed E-state index contributed by atoms with van der Waals surface area (Å²) in [4.78, 5) is 36.9. The molecule has 0 radical (unpaired) electrons. The first-order valence-corrected chi connectivity index (χ1v) is 7.40. The van der Waals surface area contributed by atoms with Crippen LogP contribution in [-0.4, -0.2) is 39.1 Å². The molecule has 22 heavy (non-hydrogen) atoms. The molecule has 0 saturated heterocycles. The second-order valence-corrected chi connectivity index (χ2v) is 5.72. The number of aldehydes is 2. The van der Waals surface area contributed by atoms with Gasteiger partial charge in [-0.2, -0.15) is 0 Å². The van der Waals surface area contributed by atoms with E-state index in [0.29, 0.717) is 18.5 Å².